The summed E-state index contributed by atoms with van der Waals surface area (Å²) in [4.78, 5) is 48.5. The van der Waals surface area contributed by atoms with E-state index in [1.165, 1.54) is 12.1 Å². The van der Waals surface area contributed by atoms with Crippen LogP contribution in [0.2, 0.25) is 0 Å². The van der Waals surface area contributed by atoms with Gasteiger partial charge in [0.1, 0.15) is 23.0 Å². The number of aliphatic carboxylic acids is 2. The van der Waals surface area contributed by atoms with Crippen molar-refractivity contribution in [3.05, 3.63) is 66.5 Å². The number of aromatic amines is 1. The van der Waals surface area contributed by atoms with Gasteiger partial charge in [0.25, 0.3) is 5.91 Å². The highest BCUT2D eigenvalue weighted by atomic mass is 19.4. The molecule has 1 aliphatic heterocycles. The maximum absolute atomic E-state index is 13.5. The van der Waals surface area contributed by atoms with Crippen LogP contribution >= 0.6 is 0 Å². The standard InChI is InChI=1S/C22H20FN7O.2C2HF3O2/c23-15-1-3-17-14(9-15)10-19(28-17)20-12-25-13-21(29-20)27-16-2-4-18(26-11-16)22(31)30-7-5-24-6-8-30;2*3-2(4,5)1(6)7/h1-4,9-13,24,28H,5-8H2,(H,27,29);2*(H,6,7). The number of carbonyl (C=O) groups is 3. The number of halogens is 7. The number of nitrogens with one attached hydrogen (secondary N) is 3. The lowest BCUT2D eigenvalue weighted by atomic mass is 10.2. The molecule has 1 saturated heterocycles. The molecule has 1 aliphatic rings. The van der Waals surface area contributed by atoms with Gasteiger partial charge in [-0.1, -0.05) is 0 Å². The summed E-state index contributed by atoms with van der Waals surface area (Å²) in [6.45, 7) is 2.96. The molecule has 19 heteroatoms. The second-order valence-corrected chi connectivity index (χ2v) is 8.91. The Hall–Kier alpha value is -5.33. The van der Waals surface area contributed by atoms with Crippen molar-refractivity contribution in [1.82, 2.24) is 30.2 Å². The van der Waals surface area contributed by atoms with Gasteiger partial charge in [-0.25, -0.2) is 23.9 Å². The number of amides is 1. The first-order chi connectivity index (χ1) is 21.0. The van der Waals surface area contributed by atoms with Crippen LogP contribution in [0.15, 0.2) is 55.0 Å². The number of fused-ring (bicyclic) bond motifs is 1. The van der Waals surface area contributed by atoms with E-state index in [0.29, 0.717) is 36.0 Å². The number of anilines is 2. The van der Waals surface area contributed by atoms with Gasteiger partial charge in [-0.3, -0.25) is 9.78 Å². The molecule has 4 heterocycles. The maximum Gasteiger partial charge on any atom is 0.490 e. The van der Waals surface area contributed by atoms with Gasteiger partial charge in [-0.15, -0.1) is 0 Å². The first-order valence-corrected chi connectivity index (χ1v) is 12.5. The summed E-state index contributed by atoms with van der Waals surface area (Å²) in [6.07, 6.45) is -5.32. The number of H-pyrrole nitrogens is 1. The predicted octanol–water partition coefficient (Wildman–Crippen LogP) is 4.21. The fraction of sp³-hybridized carbons (Fsp3) is 0.231. The van der Waals surface area contributed by atoms with Crippen molar-refractivity contribution < 1.29 is 55.3 Å². The van der Waals surface area contributed by atoms with E-state index in [1.807, 2.05) is 6.07 Å². The van der Waals surface area contributed by atoms with Crippen molar-refractivity contribution in [3.8, 4) is 11.4 Å². The molecule has 0 spiro atoms. The quantitative estimate of drug-likeness (QED) is 0.202. The highest BCUT2D eigenvalue weighted by Crippen LogP contribution is 2.24. The van der Waals surface area contributed by atoms with E-state index in [9.17, 15) is 35.5 Å². The Balaban J connectivity index is 0.000000331. The molecule has 3 aromatic heterocycles. The highest BCUT2D eigenvalue weighted by Gasteiger charge is 2.38. The number of hydrogen-bond acceptors (Lipinski definition) is 8. The average Bonchev–Trinajstić information content (AvgIpc) is 3.41. The van der Waals surface area contributed by atoms with Gasteiger partial charge in [-0.2, -0.15) is 26.3 Å². The van der Waals surface area contributed by atoms with Gasteiger partial charge >= 0.3 is 24.3 Å². The lowest BCUT2D eigenvalue weighted by Crippen LogP contribution is -2.46. The number of carboxylic acid groups (broad SMARTS) is 2. The molecule has 45 heavy (non-hydrogen) atoms. The summed E-state index contributed by atoms with van der Waals surface area (Å²) in [5.41, 5.74) is 3.30. The van der Waals surface area contributed by atoms with Gasteiger partial charge in [0.15, 0.2) is 0 Å². The van der Waals surface area contributed by atoms with Crippen molar-refractivity contribution in [2.75, 3.05) is 31.5 Å². The molecule has 0 unspecified atom stereocenters. The molecular weight excluding hydrogens is 623 g/mol. The van der Waals surface area contributed by atoms with Crippen LogP contribution in [0.4, 0.5) is 42.2 Å². The Kier molecular flexibility index (Phi) is 11.0. The van der Waals surface area contributed by atoms with Crippen LogP contribution in [0, 0.1) is 5.82 Å². The smallest absolute Gasteiger partial charge is 0.475 e. The van der Waals surface area contributed by atoms with Crippen LogP contribution in [-0.2, 0) is 9.59 Å². The van der Waals surface area contributed by atoms with E-state index in [0.717, 1.165) is 29.7 Å². The summed E-state index contributed by atoms with van der Waals surface area (Å²) in [5, 5.41) is 21.4. The summed E-state index contributed by atoms with van der Waals surface area (Å²) in [7, 11) is 0. The average molecular weight is 645 g/mol. The monoisotopic (exact) mass is 645 g/mol. The molecule has 240 valence electrons. The van der Waals surface area contributed by atoms with Crippen molar-refractivity contribution in [3.63, 3.8) is 0 Å². The third-order valence-electron chi connectivity index (χ3n) is 5.64. The van der Waals surface area contributed by atoms with Gasteiger partial charge in [0.2, 0.25) is 0 Å². The number of piperazine rings is 1. The zero-order valence-electron chi connectivity index (χ0n) is 22.6. The number of alkyl halides is 6. The number of rotatable bonds is 4. The van der Waals surface area contributed by atoms with Crippen molar-refractivity contribution in [2.45, 2.75) is 12.4 Å². The van der Waals surface area contributed by atoms with Crippen molar-refractivity contribution in [2.24, 2.45) is 0 Å². The lowest BCUT2D eigenvalue weighted by Gasteiger charge is -2.27. The van der Waals surface area contributed by atoms with E-state index >= 15 is 0 Å². The summed E-state index contributed by atoms with van der Waals surface area (Å²) >= 11 is 0. The molecule has 0 bridgehead atoms. The zero-order chi connectivity index (χ0) is 33.4. The Morgan fingerprint density at radius 1 is 0.867 bits per heavy atom. The normalized spacial score (nSPS) is 13.2. The molecule has 0 atom stereocenters. The molecule has 1 amide bonds. The number of pyridine rings is 1. The van der Waals surface area contributed by atoms with Crippen LogP contribution in [0.25, 0.3) is 22.3 Å². The minimum absolute atomic E-state index is 0.0647. The fourth-order valence-electron chi connectivity index (χ4n) is 3.57. The SMILES string of the molecule is O=C(O)C(F)(F)F.O=C(O)C(F)(F)F.O=C(c1ccc(Nc2cncc(-c3cc4cc(F)ccc4[nH]3)n2)cn1)N1CCNCC1. The topological polar surface area (TPSA) is 173 Å². The van der Waals surface area contributed by atoms with Crippen LogP contribution in [0.5, 0.6) is 0 Å². The largest absolute Gasteiger partial charge is 0.490 e. The molecule has 0 radical (unpaired) electrons. The Labute approximate surface area is 247 Å². The van der Waals surface area contributed by atoms with Crippen LogP contribution < -0.4 is 10.6 Å². The molecule has 4 aromatic rings. The summed E-state index contributed by atoms with van der Waals surface area (Å²) < 4.78 is 76.9. The maximum atomic E-state index is 13.5. The van der Waals surface area contributed by atoms with Crippen molar-refractivity contribution >= 4 is 40.3 Å². The second kappa shape index (κ2) is 14.4. The summed E-state index contributed by atoms with van der Waals surface area (Å²) in [6, 6.07) is 9.91. The molecule has 12 nitrogen and oxygen atoms in total. The van der Waals surface area contributed by atoms with Crippen LogP contribution in [0.3, 0.4) is 0 Å². The number of carboxylic acids is 2. The van der Waals surface area contributed by atoms with Crippen molar-refractivity contribution in [1.29, 1.82) is 0 Å². The van der Waals surface area contributed by atoms with E-state index in [-0.39, 0.29) is 11.7 Å². The summed E-state index contributed by atoms with van der Waals surface area (Å²) in [5.74, 6) is -5.33. The minimum atomic E-state index is -5.08. The zero-order valence-corrected chi connectivity index (χ0v) is 22.6. The minimum Gasteiger partial charge on any atom is -0.475 e. The molecular formula is C26H22F7N7O5. The number of hydrogen-bond donors (Lipinski definition) is 5. The number of aromatic nitrogens is 4. The second-order valence-electron chi connectivity index (χ2n) is 8.91. The first-order valence-electron chi connectivity index (χ1n) is 12.5. The fourth-order valence-corrected chi connectivity index (χ4v) is 3.57. The van der Waals surface area contributed by atoms with Gasteiger partial charge < -0.3 is 30.7 Å². The molecule has 5 rings (SSSR count). The Bertz CT molecular complexity index is 1610. The number of nitrogens with zero attached hydrogens (tertiary/aromatic N) is 4. The number of benzene rings is 1. The van der Waals surface area contributed by atoms with Crippen LogP contribution in [0.1, 0.15) is 10.5 Å². The molecule has 0 aliphatic carbocycles. The third kappa shape index (κ3) is 10.1. The molecule has 5 N–H and O–H groups in total. The lowest BCUT2D eigenvalue weighted by molar-refractivity contribution is -0.193. The number of carbonyl (C=O) groups excluding carboxylic acids is 1. The first kappa shape index (κ1) is 34.2. The van der Waals surface area contributed by atoms with Gasteiger partial charge in [-0.05, 0) is 36.4 Å². The van der Waals surface area contributed by atoms with E-state index < -0.39 is 24.3 Å². The molecule has 0 saturated carbocycles. The van der Waals surface area contributed by atoms with E-state index in [4.69, 9.17) is 19.8 Å². The highest BCUT2D eigenvalue weighted by molar-refractivity contribution is 5.92. The van der Waals surface area contributed by atoms with Crippen LogP contribution in [-0.4, -0.2) is 91.4 Å². The van der Waals surface area contributed by atoms with Gasteiger partial charge in [0, 0.05) is 37.1 Å². The Morgan fingerprint density at radius 3 is 2.04 bits per heavy atom. The predicted molar refractivity (Wildman–Crippen MR) is 143 cm³/mol. The third-order valence-corrected chi connectivity index (χ3v) is 5.64. The van der Waals surface area contributed by atoms with E-state index in [2.05, 4.69) is 30.6 Å². The Morgan fingerprint density at radius 2 is 1.49 bits per heavy atom. The van der Waals surface area contributed by atoms with E-state index in [1.54, 1.807) is 41.7 Å². The molecule has 1 fully saturated rings. The molecule has 1 aromatic carbocycles. The van der Waals surface area contributed by atoms with Gasteiger partial charge in [0.05, 0.1) is 30.0 Å².